The first-order chi connectivity index (χ1) is 8.58. The predicted molar refractivity (Wildman–Crippen MR) is 66.9 cm³/mol. The van der Waals surface area contributed by atoms with Crippen molar-refractivity contribution < 1.29 is 14.7 Å². The molecule has 0 atom stereocenters. The first kappa shape index (κ1) is 13.1. The van der Waals surface area contributed by atoms with E-state index in [1.54, 1.807) is 16.8 Å². The number of carbonyl (C=O) groups is 2. The summed E-state index contributed by atoms with van der Waals surface area (Å²) in [6, 6.07) is 0.288. The minimum Gasteiger partial charge on any atom is -0.480 e. The number of hydrogen-bond donors (Lipinski definition) is 1. The van der Waals surface area contributed by atoms with Crippen molar-refractivity contribution in [2.24, 2.45) is 0 Å². The molecule has 0 aliphatic heterocycles. The van der Waals surface area contributed by atoms with E-state index in [1.807, 2.05) is 0 Å². The van der Waals surface area contributed by atoms with Crippen molar-refractivity contribution in [3.05, 3.63) is 11.8 Å². The van der Waals surface area contributed by atoms with E-state index in [0.29, 0.717) is 0 Å². The van der Waals surface area contributed by atoms with E-state index in [9.17, 15) is 9.59 Å². The molecule has 0 saturated heterocycles. The van der Waals surface area contributed by atoms with Gasteiger partial charge >= 0.3 is 5.97 Å². The molecule has 0 unspecified atom stereocenters. The summed E-state index contributed by atoms with van der Waals surface area (Å²) in [7, 11) is 1.78. The zero-order chi connectivity index (χ0) is 13.1. The summed E-state index contributed by atoms with van der Waals surface area (Å²) in [5.74, 6) is -0.867. The normalized spacial score (nSPS) is 18.9. The highest BCUT2D eigenvalue weighted by Crippen LogP contribution is 2.27. The van der Waals surface area contributed by atoms with Gasteiger partial charge in [0.15, 0.2) is 0 Å². The number of carboxylic acid groups (broad SMARTS) is 1. The Labute approximate surface area is 107 Å². The number of allylic oxidation sites excluding steroid dienone is 2. The number of carboxylic acids is 1. The molecule has 0 aromatic heterocycles. The molecule has 0 bridgehead atoms. The second kappa shape index (κ2) is 5.52. The van der Waals surface area contributed by atoms with Crippen molar-refractivity contribution in [1.82, 2.24) is 9.80 Å². The Morgan fingerprint density at radius 3 is 2.61 bits per heavy atom. The van der Waals surface area contributed by atoms with E-state index in [0.717, 1.165) is 37.8 Å². The Kier molecular flexibility index (Phi) is 4.01. The Balaban J connectivity index is 1.89. The van der Waals surface area contributed by atoms with Crippen LogP contribution in [0.3, 0.4) is 0 Å². The number of amides is 1. The number of hydrogen-bond acceptors (Lipinski definition) is 3. The first-order valence-corrected chi connectivity index (χ1v) is 6.49. The van der Waals surface area contributed by atoms with Crippen molar-refractivity contribution in [1.29, 1.82) is 0 Å². The third-order valence-corrected chi connectivity index (χ3v) is 3.56. The molecule has 0 radical (unpaired) electrons. The zero-order valence-electron chi connectivity index (χ0n) is 10.8. The van der Waals surface area contributed by atoms with Gasteiger partial charge in [0.1, 0.15) is 0 Å². The standard InChI is InChI=1S/C13H20N2O3/c1-14(10-4-2-3-5-10)12(16)8-15(9-13(17)18)11-6-7-11/h4,11H,2-3,5-9H2,1H3,(H,17,18). The SMILES string of the molecule is CN(C(=O)CN(CC(=O)O)C1CC1)C1=CCCC1. The number of rotatable bonds is 6. The molecule has 1 amide bonds. The average Bonchev–Trinajstić information content (AvgIpc) is 3.02. The third-order valence-electron chi connectivity index (χ3n) is 3.56. The lowest BCUT2D eigenvalue weighted by atomic mass is 10.3. The summed E-state index contributed by atoms with van der Waals surface area (Å²) in [4.78, 5) is 26.3. The molecule has 0 aromatic rings. The Hall–Kier alpha value is -1.36. The highest BCUT2D eigenvalue weighted by Gasteiger charge is 2.32. The smallest absolute Gasteiger partial charge is 0.317 e. The van der Waals surface area contributed by atoms with Gasteiger partial charge in [-0.1, -0.05) is 6.08 Å². The van der Waals surface area contributed by atoms with Gasteiger partial charge in [0.2, 0.25) is 5.91 Å². The Bertz CT molecular complexity index is 374. The number of likely N-dealkylation sites (N-methyl/N-ethyl adjacent to an activating group) is 1. The van der Waals surface area contributed by atoms with Gasteiger partial charge in [-0.05, 0) is 32.1 Å². The highest BCUT2D eigenvalue weighted by atomic mass is 16.4. The van der Waals surface area contributed by atoms with Crippen LogP contribution in [-0.2, 0) is 9.59 Å². The van der Waals surface area contributed by atoms with Gasteiger partial charge in [0.05, 0.1) is 13.1 Å². The van der Waals surface area contributed by atoms with Crippen molar-refractivity contribution in [2.45, 2.75) is 38.1 Å². The van der Waals surface area contributed by atoms with Crippen molar-refractivity contribution >= 4 is 11.9 Å². The summed E-state index contributed by atoms with van der Waals surface area (Å²) in [5.41, 5.74) is 1.08. The third kappa shape index (κ3) is 3.32. The van der Waals surface area contributed by atoms with Gasteiger partial charge in [0.25, 0.3) is 0 Å². The number of carbonyl (C=O) groups excluding carboxylic acids is 1. The summed E-state index contributed by atoms with van der Waals surface area (Å²) >= 11 is 0. The van der Waals surface area contributed by atoms with Crippen LogP contribution in [0.25, 0.3) is 0 Å². The van der Waals surface area contributed by atoms with Gasteiger partial charge in [0, 0.05) is 18.8 Å². The molecule has 2 aliphatic rings. The summed E-state index contributed by atoms with van der Waals surface area (Å²) < 4.78 is 0. The maximum Gasteiger partial charge on any atom is 0.317 e. The molecule has 1 N–H and O–H groups in total. The lowest BCUT2D eigenvalue weighted by Gasteiger charge is -2.24. The van der Waals surface area contributed by atoms with E-state index in [4.69, 9.17) is 5.11 Å². The molecule has 1 saturated carbocycles. The lowest BCUT2D eigenvalue weighted by Crippen LogP contribution is -2.41. The average molecular weight is 252 g/mol. The molecule has 5 nitrogen and oxygen atoms in total. The molecule has 18 heavy (non-hydrogen) atoms. The molecule has 5 heteroatoms. The lowest BCUT2D eigenvalue weighted by molar-refractivity contribution is -0.139. The van der Waals surface area contributed by atoms with E-state index in [1.165, 1.54) is 0 Å². The zero-order valence-corrected chi connectivity index (χ0v) is 10.8. The molecular weight excluding hydrogens is 232 g/mol. The van der Waals surface area contributed by atoms with E-state index in [-0.39, 0.29) is 25.0 Å². The van der Waals surface area contributed by atoms with Crippen LogP contribution in [0.15, 0.2) is 11.8 Å². The van der Waals surface area contributed by atoms with Gasteiger partial charge in [-0.3, -0.25) is 14.5 Å². The minimum atomic E-state index is -0.863. The predicted octanol–water partition coefficient (Wildman–Crippen LogP) is 1.06. The fourth-order valence-corrected chi connectivity index (χ4v) is 2.33. The summed E-state index contributed by atoms with van der Waals surface area (Å²) in [5, 5.41) is 8.85. The van der Waals surface area contributed by atoms with Crippen LogP contribution in [0.2, 0.25) is 0 Å². The molecular formula is C13H20N2O3. The van der Waals surface area contributed by atoms with E-state index < -0.39 is 5.97 Å². The van der Waals surface area contributed by atoms with E-state index >= 15 is 0 Å². The van der Waals surface area contributed by atoms with Crippen LogP contribution in [-0.4, -0.2) is 53.0 Å². The monoisotopic (exact) mass is 252 g/mol. The second-order valence-electron chi connectivity index (χ2n) is 5.07. The Morgan fingerprint density at radius 2 is 2.11 bits per heavy atom. The molecule has 0 aromatic carbocycles. The fraction of sp³-hybridized carbons (Fsp3) is 0.692. The van der Waals surface area contributed by atoms with Gasteiger partial charge < -0.3 is 10.0 Å². The van der Waals surface area contributed by atoms with Crippen LogP contribution < -0.4 is 0 Å². The fourth-order valence-electron chi connectivity index (χ4n) is 2.33. The van der Waals surface area contributed by atoms with Crippen molar-refractivity contribution in [3.8, 4) is 0 Å². The maximum atomic E-state index is 12.1. The highest BCUT2D eigenvalue weighted by molar-refractivity contribution is 5.80. The van der Waals surface area contributed by atoms with Crippen LogP contribution in [0.5, 0.6) is 0 Å². The maximum absolute atomic E-state index is 12.1. The van der Waals surface area contributed by atoms with Crippen molar-refractivity contribution in [3.63, 3.8) is 0 Å². The number of aliphatic carboxylic acids is 1. The minimum absolute atomic E-state index is 0.00343. The van der Waals surface area contributed by atoms with Crippen LogP contribution >= 0.6 is 0 Å². The molecule has 2 rings (SSSR count). The van der Waals surface area contributed by atoms with Crippen molar-refractivity contribution in [2.75, 3.05) is 20.1 Å². The second-order valence-corrected chi connectivity index (χ2v) is 5.07. The van der Waals surface area contributed by atoms with Crippen LogP contribution in [0.4, 0.5) is 0 Å². The molecule has 0 spiro atoms. The molecule has 1 fully saturated rings. The molecule has 0 heterocycles. The summed E-state index contributed by atoms with van der Waals surface area (Å²) in [6.45, 7) is 0.175. The van der Waals surface area contributed by atoms with Gasteiger partial charge in [-0.2, -0.15) is 0 Å². The Morgan fingerprint density at radius 1 is 1.39 bits per heavy atom. The largest absolute Gasteiger partial charge is 0.480 e. The van der Waals surface area contributed by atoms with Crippen LogP contribution in [0.1, 0.15) is 32.1 Å². The first-order valence-electron chi connectivity index (χ1n) is 6.49. The molecule has 100 valence electrons. The van der Waals surface area contributed by atoms with E-state index in [2.05, 4.69) is 6.08 Å². The quantitative estimate of drug-likeness (QED) is 0.768. The topological polar surface area (TPSA) is 60.9 Å². The van der Waals surface area contributed by atoms with Gasteiger partial charge in [-0.25, -0.2) is 0 Å². The van der Waals surface area contributed by atoms with Crippen LogP contribution in [0, 0.1) is 0 Å². The summed E-state index contributed by atoms with van der Waals surface area (Å²) in [6.07, 6.45) is 7.20. The molecule has 2 aliphatic carbocycles. The van der Waals surface area contributed by atoms with Gasteiger partial charge in [-0.15, -0.1) is 0 Å². The number of nitrogens with zero attached hydrogens (tertiary/aromatic N) is 2.